The molecule has 0 radical (unpaired) electrons. The maximum Gasteiger partial charge on any atom is 0.306 e. The molecule has 0 aromatic rings. The SMILES string of the molecule is CC/C=C\C/C=C\C/C=C\C/C=C\C/C=C\C/C=C\CCC(=O)OC(CCC/C=C/C=C/CCCCCCCCC)CC(=O)NC(CO)C(O)CCCCCCCCCCCCCCCC. The Hall–Kier alpha value is -3.22. The van der Waals surface area contributed by atoms with E-state index in [4.69, 9.17) is 4.74 Å². The van der Waals surface area contributed by atoms with E-state index in [1.807, 2.05) is 6.08 Å². The molecule has 3 unspecified atom stereocenters. The first-order chi connectivity index (χ1) is 32.5. The van der Waals surface area contributed by atoms with E-state index in [1.54, 1.807) is 0 Å². The summed E-state index contributed by atoms with van der Waals surface area (Å²) in [4.78, 5) is 26.2. The second-order valence-corrected chi connectivity index (χ2v) is 18.3. The van der Waals surface area contributed by atoms with Crippen molar-refractivity contribution in [2.24, 2.45) is 0 Å². The summed E-state index contributed by atoms with van der Waals surface area (Å²) in [6, 6.07) is -0.736. The first kappa shape index (κ1) is 62.8. The van der Waals surface area contributed by atoms with Gasteiger partial charge < -0.3 is 20.3 Å². The lowest BCUT2D eigenvalue weighted by atomic mass is 10.0. The highest BCUT2D eigenvalue weighted by Crippen LogP contribution is 2.16. The predicted molar refractivity (Wildman–Crippen MR) is 287 cm³/mol. The second-order valence-electron chi connectivity index (χ2n) is 18.3. The number of unbranched alkanes of at least 4 members (excludes halogenated alkanes) is 21. The number of amides is 1. The molecule has 0 saturated carbocycles. The number of aliphatic hydroxyl groups is 2. The van der Waals surface area contributed by atoms with Crippen molar-refractivity contribution in [3.05, 3.63) is 97.2 Å². The fourth-order valence-electron chi connectivity index (χ4n) is 7.81. The molecule has 66 heavy (non-hydrogen) atoms. The van der Waals surface area contributed by atoms with Gasteiger partial charge in [-0.15, -0.1) is 0 Å². The number of aliphatic hydroxyl groups excluding tert-OH is 2. The molecule has 0 fully saturated rings. The van der Waals surface area contributed by atoms with Gasteiger partial charge in [-0.3, -0.25) is 9.59 Å². The van der Waals surface area contributed by atoms with E-state index in [-0.39, 0.29) is 31.3 Å². The number of hydrogen-bond acceptors (Lipinski definition) is 5. The molecule has 6 nitrogen and oxygen atoms in total. The Morgan fingerprint density at radius 1 is 0.470 bits per heavy atom. The van der Waals surface area contributed by atoms with E-state index in [2.05, 4.69) is 117 Å². The number of nitrogens with one attached hydrogen (secondary N) is 1. The number of rotatable bonds is 48. The molecule has 0 bridgehead atoms. The third-order valence-corrected chi connectivity index (χ3v) is 11.9. The van der Waals surface area contributed by atoms with Gasteiger partial charge in [0, 0.05) is 6.42 Å². The van der Waals surface area contributed by atoms with Gasteiger partial charge in [-0.1, -0.05) is 246 Å². The van der Waals surface area contributed by atoms with Crippen LogP contribution < -0.4 is 5.32 Å². The van der Waals surface area contributed by atoms with Crippen molar-refractivity contribution in [1.29, 1.82) is 0 Å². The third-order valence-electron chi connectivity index (χ3n) is 11.9. The number of carbonyl (C=O) groups excluding carboxylic acids is 2. The zero-order valence-electron chi connectivity index (χ0n) is 43.0. The van der Waals surface area contributed by atoms with Crippen molar-refractivity contribution in [2.45, 2.75) is 264 Å². The zero-order valence-corrected chi connectivity index (χ0v) is 43.0. The van der Waals surface area contributed by atoms with Crippen molar-refractivity contribution in [3.8, 4) is 0 Å². The van der Waals surface area contributed by atoms with Crippen molar-refractivity contribution in [1.82, 2.24) is 5.32 Å². The quantitative estimate of drug-likeness (QED) is 0.0245. The maximum atomic E-state index is 13.2. The molecule has 0 aromatic carbocycles. The highest BCUT2D eigenvalue weighted by atomic mass is 16.5. The monoisotopic (exact) mass is 918 g/mol. The molecule has 0 aliphatic carbocycles. The summed E-state index contributed by atoms with van der Waals surface area (Å²) in [6.07, 6.45) is 70.5. The van der Waals surface area contributed by atoms with E-state index >= 15 is 0 Å². The topological polar surface area (TPSA) is 95.9 Å². The van der Waals surface area contributed by atoms with Crippen LogP contribution in [-0.4, -0.2) is 46.9 Å². The van der Waals surface area contributed by atoms with E-state index in [9.17, 15) is 19.8 Å². The average Bonchev–Trinajstić information content (AvgIpc) is 3.31. The lowest BCUT2D eigenvalue weighted by Crippen LogP contribution is -2.46. The molecule has 378 valence electrons. The summed E-state index contributed by atoms with van der Waals surface area (Å²) < 4.78 is 5.88. The molecule has 0 aliphatic rings. The molecular formula is C60H103NO5. The largest absolute Gasteiger partial charge is 0.462 e. The number of carbonyl (C=O) groups is 2. The Bertz CT molecular complexity index is 1310. The highest BCUT2D eigenvalue weighted by molar-refractivity contribution is 5.77. The van der Waals surface area contributed by atoms with Gasteiger partial charge >= 0.3 is 5.97 Å². The average molecular weight is 918 g/mol. The summed E-state index contributed by atoms with van der Waals surface area (Å²) in [5, 5.41) is 23.8. The van der Waals surface area contributed by atoms with Crippen LogP contribution in [0.2, 0.25) is 0 Å². The van der Waals surface area contributed by atoms with E-state index in [0.717, 1.165) is 77.0 Å². The third kappa shape index (κ3) is 47.3. The van der Waals surface area contributed by atoms with Crippen LogP contribution in [0.1, 0.15) is 245 Å². The van der Waals surface area contributed by atoms with Gasteiger partial charge in [0.05, 0.1) is 25.2 Å². The zero-order chi connectivity index (χ0) is 48.1. The van der Waals surface area contributed by atoms with Crippen LogP contribution in [0.3, 0.4) is 0 Å². The van der Waals surface area contributed by atoms with Gasteiger partial charge in [0.2, 0.25) is 5.91 Å². The molecule has 0 heterocycles. The van der Waals surface area contributed by atoms with Gasteiger partial charge in [0.15, 0.2) is 0 Å². The fourth-order valence-corrected chi connectivity index (χ4v) is 7.81. The van der Waals surface area contributed by atoms with E-state index in [1.165, 1.54) is 116 Å². The minimum absolute atomic E-state index is 0.00971. The molecule has 1 amide bonds. The van der Waals surface area contributed by atoms with Crippen LogP contribution in [0.5, 0.6) is 0 Å². The van der Waals surface area contributed by atoms with Gasteiger partial charge in [0.1, 0.15) is 6.10 Å². The molecule has 0 aliphatic heterocycles. The number of allylic oxidation sites excluding steroid dienone is 16. The molecule has 0 rings (SSSR count). The van der Waals surface area contributed by atoms with Crippen LogP contribution in [0.4, 0.5) is 0 Å². The fraction of sp³-hybridized carbons (Fsp3) is 0.700. The summed E-state index contributed by atoms with van der Waals surface area (Å²) >= 11 is 0. The smallest absolute Gasteiger partial charge is 0.306 e. The molecular weight excluding hydrogens is 815 g/mol. The van der Waals surface area contributed by atoms with Crippen molar-refractivity contribution < 1.29 is 24.5 Å². The van der Waals surface area contributed by atoms with Crippen LogP contribution in [0, 0.1) is 0 Å². The molecule has 6 heteroatoms. The normalized spacial score (nSPS) is 14.0. The first-order valence-electron chi connectivity index (χ1n) is 27.5. The minimum atomic E-state index is -0.817. The lowest BCUT2D eigenvalue weighted by molar-refractivity contribution is -0.150. The lowest BCUT2D eigenvalue weighted by Gasteiger charge is -2.24. The van der Waals surface area contributed by atoms with E-state index < -0.39 is 18.2 Å². The van der Waals surface area contributed by atoms with Crippen LogP contribution >= 0.6 is 0 Å². The van der Waals surface area contributed by atoms with E-state index in [0.29, 0.717) is 19.3 Å². The molecule has 3 atom stereocenters. The Morgan fingerprint density at radius 3 is 1.33 bits per heavy atom. The summed E-state index contributed by atoms with van der Waals surface area (Å²) in [6.45, 7) is 6.34. The van der Waals surface area contributed by atoms with Crippen molar-refractivity contribution >= 4 is 11.9 Å². The van der Waals surface area contributed by atoms with Crippen molar-refractivity contribution in [3.63, 3.8) is 0 Å². The van der Waals surface area contributed by atoms with Crippen LogP contribution in [0.25, 0.3) is 0 Å². The van der Waals surface area contributed by atoms with Gasteiger partial charge in [-0.2, -0.15) is 0 Å². The Morgan fingerprint density at radius 2 is 0.879 bits per heavy atom. The highest BCUT2D eigenvalue weighted by Gasteiger charge is 2.24. The standard InChI is InChI=1S/C60H103NO5/c1-4-7-10-13-16-19-22-25-28-29-30-31-32-35-38-41-44-47-50-53-60(65)66-56(51-48-45-42-39-36-33-26-23-20-17-14-11-8-5-2)54-59(64)61-57(55-62)58(63)52-49-46-43-40-37-34-27-24-21-18-15-12-9-6-3/h7,10,16,19,25,28,30-31,33,35-36,38-39,42,44,47,56-58,62-63H,4-6,8-9,11-15,17-18,20-24,26-27,29,32,34,37,40-41,43,45-46,48-55H2,1-3H3,(H,61,64)/b10-7-,19-16-,28-25-,31-30-,36-33+,38-35-,42-39+,47-44-. The van der Waals surface area contributed by atoms with Gasteiger partial charge in [-0.25, -0.2) is 0 Å². The number of ether oxygens (including phenoxy) is 1. The van der Waals surface area contributed by atoms with Crippen LogP contribution in [-0.2, 0) is 14.3 Å². The second kappa shape index (κ2) is 52.7. The maximum absolute atomic E-state index is 13.2. The molecule has 0 saturated heterocycles. The van der Waals surface area contributed by atoms with Gasteiger partial charge in [-0.05, 0) is 83.5 Å². The molecule has 0 aromatic heterocycles. The predicted octanol–water partition coefficient (Wildman–Crippen LogP) is 16.9. The molecule has 0 spiro atoms. The van der Waals surface area contributed by atoms with Gasteiger partial charge in [0.25, 0.3) is 0 Å². The summed E-state index contributed by atoms with van der Waals surface area (Å²) in [7, 11) is 0. The van der Waals surface area contributed by atoms with Crippen LogP contribution in [0.15, 0.2) is 97.2 Å². The Kier molecular flexibility index (Phi) is 50.2. The number of esters is 1. The first-order valence-corrected chi connectivity index (χ1v) is 27.5. The number of hydrogen-bond donors (Lipinski definition) is 3. The summed E-state index contributed by atoms with van der Waals surface area (Å²) in [5.41, 5.74) is 0. The minimum Gasteiger partial charge on any atom is -0.462 e. The summed E-state index contributed by atoms with van der Waals surface area (Å²) in [5.74, 6) is -0.625. The Labute approximate surface area is 407 Å². The Balaban J connectivity index is 4.75. The van der Waals surface area contributed by atoms with Crippen molar-refractivity contribution in [2.75, 3.05) is 6.61 Å². The molecule has 3 N–H and O–H groups in total.